The highest BCUT2D eigenvalue weighted by Gasteiger charge is 2.71. The van der Waals surface area contributed by atoms with Crippen molar-refractivity contribution in [2.45, 2.75) is 68.4 Å². The van der Waals surface area contributed by atoms with Gasteiger partial charge in [-0.05, 0) is 65.9 Å². The molecule has 4 saturated carbocycles. The number of thioether (sulfide) groups is 1. The molecule has 0 spiro atoms. The lowest BCUT2D eigenvalue weighted by molar-refractivity contribution is -0.148. The molecular formula is C30H38N2OS. The van der Waals surface area contributed by atoms with Gasteiger partial charge in [-0.25, -0.2) is 0 Å². The van der Waals surface area contributed by atoms with Crippen LogP contribution in [0.4, 0.5) is 0 Å². The Balaban J connectivity index is 1.31. The molecule has 1 saturated heterocycles. The molecule has 2 aromatic carbocycles. The number of benzene rings is 2. The maximum Gasteiger partial charge on any atom is 0.229 e. The summed E-state index contributed by atoms with van der Waals surface area (Å²) in [6, 6.07) is 22.2. The minimum atomic E-state index is -0.190. The molecule has 1 heterocycles. The van der Waals surface area contributed by atoms with Crippen LogP contribution in [0.3, 0.4) is 0 Å². The molecule has 5 aliphatic rings. The maximum absolute atomic E-state index is 14.4. The van der Waals surface area contributed by atoms with Crippen molar-refractivity contribution in [2.75, 3.05) is 13.1 Å². The Labute approximate surface area is 208 Å². The minimum absolute atomic E-state index is 0.0151. The lowest BCUT2D eigenvalue weighted by atomic mass is 9.63. The van der Waals surface area contributed by atoms with E-state index < -0.39 is 0 Å². The third kappa shape index (κ3) is 3.47. The predicted molar refractivity (Wildman–Crippen MR) is 140 cm³/mol. The summed E-state index contributed by atoms with van der Waals surface area (Å²) in [7, 11) is 0. The number of hydrogen-bond acceptors (Lipinski definition) is 3. The number of hydrogen-bond donors (Lipinski definition) is 1. The highest BCUT2D eigenvalue weighted by atomic mass is 32.2. The number of piperidine rings is 1. The fraction of sp³-hybridized carbons (Fsp3) is 0.567. The second-order valence-corrected chi connectivity index (χ2v) is 13.5. The molecule has 5 fully saturated rings. The number of likely N-dealkylation sites (tertiary alicyclic amines) is 1. The van der Waals surface area contributed by atoms with Crippen molar-refractivity contribution in [2.24, 2.45) is 28.4 Å². The molecule has 2 aromatic rings. The quantitative estimate of drug-likeness (QED) is 0.611. The van der Waals surface area contributed by atoms with Gasteiger partial charge in [0.1, 0.15) is 0 Å². The fourth-order valence-corrected chi connectivity index (χ4v) is 9.80. The van der Waals surface area contributed by atoms with Crippen molar-refractivity contribution in [3.63, 3.8) is 0 Å². The minimum Gasteiger partial charge on any atom is -0.342 e. The molecular weight excluding hydrogens is 436 g/mol. The van der Waals surface area contributed by atoms with Gasteiger partial charge in [-0.2, -0.15) is 11.8 Å². The van der Waals surface area contributed by atoms with Gasteiger partial charge in [-0.3, -0.25) is 4.79 Å². The van der Waals surface area contributed by atoms with Crippen LogP contribution in [0, 0.1) is 22.7 Å². The number of carbonyl (C=O) groups excluding carboxylic acids is 1. The number of nitrogens with two attached hydrogens (primary N) is 1. The number of rotatable bonds is 5. The molecule has 4 aliphatic carbocycles. The molecule has 1 aliphatic heterocycles. The third-order valence-corrected chi connectivity index (χ3v) is 11.4. The molecule has 4 heteroatoms. The first kappa shape index (κ1) is 22.7. The lowest BCUT2D eigenvalue weighted by Gasteiger charge is -2.47. The van der Waals surface area contributed by atoms with E-state index in [1.165, 1.54) is 24.0 Å². The molecule has 7 rings (SSSR count). The number of nitrogens with zero attached hydrogens (tertiary/aromatic N) is 1. The van der Waals surface area contributed by atoms with Crippen molar-refractivity contribution < 1.29 is 4.79 Å². The smallest absolute Gasteiger partial charge is 0.229 e. The summed E-state index contributed by atoms with van der Waals surface area (Å²) in [5.41, 5.74) is 9.27. The Morgan fingerprint density at radius 1 is 1.03 bits per heavy atom. The van der Waals surface area contributed by atoms with Crippen molar-refractivity contribution in [3.8, 4) is 0 Å². The molecule has 1 amide bonds. The summed E-state index contributed by atoms with van der Waals surface area (Å²) < 4.78 is 0. The summed E-state index contributed by atoms with van der Waals surface area (Å²) in [6.07, 6.45) is 5.45. The molecule has 180 valence electrons. The van der Waals surface area contributed by atoms with Gasteiger partial charge >= 0.3 is 0 Å². The first-order chi connectivity index (χ1) is 16.3. The van der Waals surface area contributed by atoms with Crippen LogP contribution in [0.5, 0.6) is 0 Å². The molecule has 0 radical (unpaired) electrons. The van der Waals surface area contributed by atoms with Crippen LogP contribution in [0.2, 0.25) is 0 Å². The van der Waals surface area contributed by atoms with Crippen LogP contribution in [-0.4, -0.2) is 35.2 Å². The van der Waals surface area contributed by atoms with Gasteiger partial charge in [0.15, 0.2) is 0 Å². The van der Waals surface area contributed by atoms with E-state index in [2.05, 4.69) is 91.2 Å². The van der Waals surface area contributed by atoms with E-state index in [1.807, 2.05) is 0 Å². The van der Waals surface area contributed by atoms with E-state index in [0.29, 0.717) is 23.0 Å². The van der Waals surface area contributed by atoms with Crippen molar-refractivity contribution in [1.29, 1.82) is 0 Å². The Hall–Kier alpha value is -1.78. The van der Waals surface area contributed by atoms with Gasteiger partial charge in [0.25, 0.3) is 0 Å². The topological polar surface area (TPSA) is 46.3 Å². The fourth-order valence-electron chi connectivity index (χ4n) is 8.17. The van der Waals surface area contributed by atoms with Crippen molar-refractivity contribution in [1.82, 2.24) is 4.90 Å². The van der Waals surface area contributed by atoms with E-state index in [0.717, 1.165) is 38.1 Å². The Kier molecular flexibility index (Phi) is 5.42. The van der Waals surface area contributed by atoms with Gasteiger partial charge < -0.3 is 10.6 Å². The Morgan fingerprint density at radius 3 is 2.44 bits per heavy atom. The normalized spacial score (nSPS) is 37.8. The van der Waals surface area contributed by atoms with Gasteiger partial charge in [0.05, 0.1) is 5.41 Å². The highest BCUT2D eigenvalue weighted by molar-refractivity contribution is 7.99. The van der Waals surface area contributed by atoms with Gasteiger partial charge in [0.2, 0.25) is 5.91 Å². The largest absolute Gasteiger partial charge is 0.342 e. The van der Waals surface area contributed by atoms with E-state index in [-0.39, 0.29) is 22.3 Å². The predicted octanol–water partition coefficient (Wildman–Crippen LogP) is 5.63. The highest BCUT2D eigenvalue weighted by Crippen LogP contribution is 2.73. The third-order valence-electron chi connectivity index (χ3n) is 9.81. The van der Waals surface area contributed by atoms with E-state index in [9.17, 15) is 4.79 Å². The summed E-state index contributed by atoms with van der Waals surface area (Å²) >= 11 is 2.13. The van der Waals surface area contributed by atoms with Crippen LogP contribution in [0.1, 0.15) is 57.1 Å². The SMILES string of the molecule is CC1(C)CN(C(=O)C23CC4CC(c5ccccc5)(CC2C4SCc2ccccc2)C3)CC[C@@H]1N. The summed E-state index contributed by atoms with van der Waals surface area (Å²) in [5, 5.41) is 0.587. The first-order valence-electron chi connectivity index (χ1n) is 13.1. The molecule has 4 bridgehead atoms. The zero-order valence-electron chi connectivity index (χ0n) is 20.6. The lowest BCUT2D eigenvalue weighted by Crippen LogP contribution is -2.57. The monoisotopic (exact) mass is 474 g/mol. The first-order valence-corrected chi connectivity index (χ1v) is 14.1. The Morgan fingerprint density at radius 2 is 1.74 bits per heavy atom. The molecule has 0 aromatic heterocycles. The van der Waals surface area contributed by atoms with E-state index >= 15 is 0 Å². The van der Waals surface area contributed by atoms with E-state index in [4.69, 9.17) is 5.73 Å². The summed E-state index contributed by atoms with van der Waals surface area (Å²) in [5.74, 6) is 2.60. The van der Waals surface area contributed by atoms with Gasteiger partial charge in [-0.1, -0.05) is 74.5 Å². The van der Waals surface area contributed by atoms with Crippen LogP contribution < -0.4 is 5.73 Å². The standard InChI is InChI=1S/C30H38N2OS/c1-28(2)20-32(14-13-25(28)31)27(33)30-16-22-15-29(19-30,23-11-7-4-8-12-23)17-24(30)26(22)34-18-21-9-5-3-6-10-21/h3-12,22,24-26H,13-20,31H2,1-2H3/t22?,24?,25-,26?,29?,30?/m0/s1. The van der Waals surface area contributed by atoms with Crippen molar-refractivity contribution in [3.05, 3.63) is 71.8 Å². The number of amides is 1. The maximum atomic E-state index is 14.4. The summed E-state index contributed by atoms with van der Waals surface area (Å²) in [4.78, 5) is 16.6. The van der Waals surface area contributed by atoms with Gasteiger partial charge in [-0.15, -0.1) is 0 Å². The second kappa shape index (κ2) is 8.13. The van der Waals surface area contributed by atoms with Crippen molar-refractivity contribution >= 4 is 17.7 Å². The van der Waals surface area contributed by atoms with Crippen LogP contribution in [0.25, 0.3) is 0 Å². The molecule has 6 atom stereocenters. The second-order valence-electron chi connectivity index (χ2n) is 12.3. The molecule has 5 unspecified atom stereocenters. The number of carbonyl (C=O) groups is 1. The van der Waals surface area contributed by atoms with Crippen LogP contribution in [-0.2, 0) is 16.0 Å². The average Bonchev–Trinajstić information content (AvgIpc) is 3.22. The zero-order chi connectivity index (χ0) is 23.6. The molecule has 3 nitrogen and oxygen atoms in total. The zero-order valence-corrected chi connectivity index (χ0v) is 21.4. The molecule has 34 heavy (non-hydrogen) atoms. The summed E-state index contributed by atoms with van der Waals surface area (Å²) in [6.45, 7) is 6.09. The Bertz CT molecular complexity index is 1060. The van der Waals surface area contributed by atoms with E-state index in [1.54, 1.807) is 0 Å². The average molecular weight is 475 g/mol. The van der Waals surface area contributed by atoms with Crippen LogP contribution >= 0.6 is 11.8 Å². The van der Waals surface area contributed by atoms with Gasteiger partial charge in [0, 0.05) is 30.1 Å². The molecule has 2 N–H and O–H groups in total. The van der Waals surface area contributed by atoms with Crippen LogP contribution in [0.15, 0.2) is 60.7 Å².